The molecule has 0 atom stereocenters. The van der Waals surface area contributed by atoms with Gasteiger partial charge in [0.25, 0.3) is 0 Å². The molecule has 0 amide bonds. The topological polar surface area (TPSA) is 64.7 Å². The van der Waals surface area contributed by atoms with Crippen LogP contribution in [0.1, 0.15) is 18.4 Å². The van der Waals surface area contributed by atoms with E-state index in [9.17, 15) is 5.11 Å². The molecule has 0 aliphatic heterocycles. The zero-order chi connectivity index (χ0) is 12.8. The molecule has 0 saturated carbocycles. The Morgan fingerprint density at radius 3 is 2.53 bits per heavy atom. The van der Waals surface area contributed by atoms with Gasteiger partial charge in [-0.05, 0) is 25.8 Å². The fourth-order valence-electron chi connectivity index (χ4n) is 1.66. The number of nitrogens with two attached hydrogens (primary N) is 1. The summed E-state index contributed by atoms with van der Waals surface area (Å²) >= 11 is 6.18. The predicted octanol–water partition coefficient (Wildman–Crippen LogP) is 2.34. The van der Waals surface area contributed by atoms with Crippen molar-refractivity contribution in [3.05, 3.63) is 16.7 Å². The molecule has 0 aromatic heterocycles. The zero-order valence-electron chi connectivity index (χ0n) is 10.1. The summed E-state index contributed by atoms with van der Waals surface area (Å²) in [5, 5.41) is 10.3. The number of benzene rings is 1. The van der Waals surface area contributed by atoms with Gasteiger partial charge in [-0.15, -0.1) is 0 Å². The maximum Gasteiger partial charge on any atom is 0.179 e. The normalized spacial score (nSPS) is 10.4. The third-order valence-corrected chi connectivity index (χ3v) is 2.97. The van der Waals surface area contributed by atoms with Gasteiger partial charge in [-0.25, -0.2) is 0 Å². The molecule has 4 nitrogen and oxygen atoms in total. The number of phenols is 1. The van der Waals surface area contributed by atoms with E-state index < -0.39 is 0 Å². The van der Waals surface area contributed by atoms with Crippen molar-refractivity contribution in [1.82, 2.24) is 0 Å². The molecule has 0 heterocycles. The number of hydrogen-bond acceptors (Lipinski definition) is 4. The summed E-state index contributed by atoms with van der Waals surface area (Å²) in [5.74, 6) is 1.01. The van der Waals surface area contributed by atoms with E-state index in [1.807, 2.05) is 0 Å². The first-order valence-corrected chi connectivity index (χ1v) is 5.85. The van der Waals surface area contributed by atoms with E-state index in [1.54, 1.807) is 0 Å². The fourth-order valence-corrected chi connectivity index (χ4v) is 2.02. The summed E-state index contributed by atoms with van der Waals surface area (Å²) in [6.07, 6.45) is 2.44. The van der Waals surface area contributed by atoms with Crippen molar-refractivity contribution in [2.24, 2.45) is 5.73 Å². The lowest BCUT2D eigenvalue weighted by atomic mass is 10.1. The number of ether oxygens (including phenoxy) is 2. The summed E-state index contributed by atoms with van der Waals surface area (Å²) in [7, 11) is 3.02. The predicted molar refractivity (Wildman–Crippen MR) is 68.2 cm³/mol. The lowest BCUT2D eigenvalue weighted by Crippen LogP contribution is -2.00. The molecule has 1 aromatic rings. The summed E-state index contributed by atoms with van der Waals surface area (Å²) in [6, 6.07) is 1.52. The van der Waals surface area contributed by atoms with Crippen LogP contribution in [0.15, 0.2) is 6.07 Å². The van der Waals surface area contributed by atoms with Gasteiger partial charge in [0, 0.05) is 11.6 Å². The van der Waals surface area contributed by atoms with Crippen molar-refractivity contribution in [3.8, 4) is 17.2 Å². The van der Waals surface area contributed by atoms with Gasteiger partial charge < -0.3 is 20.3 Å². The second kappa shape index (κ2) is 6.57. The van der Waals surface area contributed by atoms with Crippen LogP contribution in [0.3, 0.4) is 0 Å². The number of methoxy groups -OCH3 is 2. The average molecular weight is 260 g/mol. The van der Waals surface area contributed by atoms with Crippen LogP contribution < -0.4 is 15.2 Å². The van der Waals surface area contributed by atoms with Gasteiger partial charge in [0.15, 0.2) is 11.5 Å². The molecule has 3 N–H and O–H groups in total. The van der Waals surface area contributed by atoms with Crippen LogP contribution in [0.25, 0.3) is 0 Å². The maximum atomic E-state index is 9.87. The van der Waals surface area contributed by atoms with E-state index in [2.05, 4.69) is 0 Å². The Hall–Kier alpha value is -1.13. The van der Waals surface area contributed by atoms with Crippen LogP contribution in [-0.2, 0) is 6.42 Å². The SMILES string of the molecule is COc1cc(O)c(CCCCN)c(Cl)c1OC. The van der Waals surface area contributed by atoms with Gasteiger partial charge in [0.2, 0.25) is 0 Å². The van der Waals surface area contributed by atoms with Crippen molar-refractivity contribution in [2.75, 3.05) is 20.8 Å². The third kappa shape index (κ3) is 3.17. The van der Waals surface area contributed by atoms with E-state index in [-0.39, 0.29) is 5.75 Å². The smallest absolute Gasteiger partial charge is 0.179 e. The van der Waals surface area contributed by atoms with E-state index >= 15 is 0 Å². The molecular formula is C12H18ClNO3. The van der Waals surface area contributed by atoms with Gasteiger partial charge in [-0.1, -0.05) is 11.6 Å². The molecule has 0 fully saturated rings. The Morgan fingerprint density at radius 2 is 2.00 bits per heavy atom. The minimum absolute atomic E-state index is 0.129. The standard InChI is InChI=1S/C12H18ClNO3/c1-16-10-7-9(15)8(5-3-4-6-14)11(13)12(10)17-2/h7,15H,3-6,14H2,1-2H3. The molecule has 0 spiro atoms. The van der Waals surface area contributed by atoms with Gasteiger partial charge >= 0.3 is 0 Å². The van der Waals surface area contributed by atoms with Crippen LogP contribution in [0.4, 0.5) is 0 Å². The van der Waals surface area contributed by atoms with Crippen LogP contribution in [0.5, 0.6) is 17.2 Å². The number of rotatable bonds is 6. The number of hydrogen-bond donors (Lipinski definition) is 2. The molecule has 96 valence electrons. The number of unbranched alkanes of at least 4 members (excludes halogenated alkanes) is 1. The van der Waals surface area contributed by atoms with Crippen LogP contribution in [0, 0.1) is 0 Å². The highest BCUT2D eigenvalue weighted by Gasteiger charge is 2.17. The first-order chi connectivity index (χ1) is 8.15. The quantitative estimate of drug-likeness (QED) is 0.770. The van der Waals surface area contributed by atoms with Gasteiger partial charge in [0.05, 0.1) is 19.2 Å². The van der Waals surface area contributed by atoms with Crippen LogP contribution >= 0.6 is 11.6 Å². The second-order valence-corrected chi connectivity index (χ2v) is 4.05. The van der Waals surface area contributed by atoms with Gasteiger partial charge in [-0.2, -0.15) is 0 Å². The monoisotopic (exact) mass is 259 g/mol. The Balaban J connectivity index is 3.04. The molecule has 0 bridgehead atoms. The molecule has 0 saturated heterocycles. The number of halogens is 1. The van der Waals surface area contributed by atoms with E-state index in [0.29, 0.717) is 35.1 Å². The first kappa shape index (κ1) is 13.9. The van der Waals surface area contributed by atoms with Crippen molar-refractivity contribution in [2.45, 2.75) is 19.3 Å². The van der Waals surface area contributed by atoms with Crippen molar-refractivity contribution in [1.29, 1.82) is 0 Å². The Morgan fingerprint density at radius 1 is 1.29 bits per heavy atom. The molecular weight excluding hydrogens is 242 g/mol. The molecule has 0 radical (unpaired) electrons. The lowest BCUT2D eigenvalue weighted by molar-refractivity contribution is 0.350. The minimum Gasteiger partial charge on any atom is -0.507 e. The molecule has 1 aromatic carbocycles. The maximum absolute atomic E-state index is 9.87. The lowest BCUT2D eigenvalue weighted by Gasteiger charge is -2.14. The average Bonchev–Trinajstić information content (AvgIpc) is 2.32. The van der Waals surface area contributed by atoms with Crippen molar-refractivity contribution < 1.29 is 14.6 Å². The molecule has 0 aliphatic rings. The highest BCUT2D eigenvalue weighted by Crippen LogP contribution is 2.42. The first-order valence-electron chi connectivity index (χ1n) is 5.48. The Kier molecular flexibility index (Phi) is 5.38. The number of phenolic OH excluding ortho intramolecular Hbond substituents is 1. The Bertz CT molecular complexity index is 383. The zero-order valence-corrected chi connectivity index (χ0v) is 10.9. The summed E-state index contributed by atoms with van der Waals surface area (Å²) in [4.78, 5) is 0. The molecule has 1 rings (SSSR count). The second-order valence-electron chi connectivity index (χ2n) is 3.67. The molecule has 0 unspecified atom stereocenters. The van der Waals surface area contributed by atoms with E-state index in [1.165, 1.54) is 20.3 Å². The Labute approximate surface area is 106 Å². The molecule has 17 heavy (non-hydrogen) atoms. The summed E-state index contributed by atoms with van der Waals surface area (Å²) < 4.78 is 10.3. The largest absolute Gasteiger partial charge is 0.507 e. The third-order valence-electron chi connectivity index (χ3n) is 2.57. The van der Waals surface area contributed by atoms with Gasteiger partial charge in [-0.3, -0.25) is 0 Å². The minimum atomic E-state index is 0.129. The van der Waals surface area contributed by atoms with E-state index in [0.717, 1.165) is 12.8 Å². The van der Waals surface area contributed by atoms with Crippen LogP contribution in [-0.4, -0.2) is 25.9 Å². The fraction of sp³-hybridized carbons (Fsp3) is 0.500. The van der Waals surface area contributed by atoms with Gasteiger partial charge in [0.1, 0.15) is 5.75 Å². The van der Waals surface area contributed by atoms with Crippen molar-refractivity contribution >= 4 is 11.6 Å². The van der Waals surface area contributed by atoms with Crippen molar-refractivity contribution in [3.63, 3.8) is 0 Å². The summed E-state index contributed by atoms with van der Waals surface area (Å²) in [5.41, 5.74) is 6.11. The molecule has 0 aliphatic carbocycles. The summed E-state index contributed by atoms with van der Waals surface area (Å²) in [6.45, 7) is 0.631. The molecule has 5 heteroatoms. The van der Waals surface area contributed by atoms with Crippen LogP contribution in [0.2, 0.25) is 5.02 Å². The highest BCUT2D eigenvalue weighted by atomic mass is 35.5. The number of aromatic hydroxyl groups is 1. The highest BCUT2D eigenvalue weighted by molar-refractivity contribution is 6.33. The van der Waals surface area contributed by atoms with E-state index in [4.69, 9.17) is 26.8 Å².